The Morgan fingerprint density at radius 3 is 2.56 bits per heavy atom. The number of aliphatic carboxylic acids is 1. The minimum Gasteiger partial charge on any atom is -0.481 e. The summed E-state index contributed by atoms with van der Waals surface area (Å²) in [5.41, 5.74) is 9.16. The molecule has 2 aliphatic rings. The van der Waals surface area contributed by atoms with Gasteiger partial charge in [-0.1, -0.05) is 12.1 Å². The predicted molar refractivity (Wildman–Crippen MR) is 154 cm³/mol. The molecule has 1 aliphatic heterocycles. The summed E-state index contributed by atoms with van der Waals surface area (Å²) < 4.78 is 35.7. The lowest BCUT2D eigenvalue weighted by molar-refractivity contribution is -0.137. The van der Waals surface area contributed by atoms with E-state index in [4.69, 9.17) is 25.6 Å². The van der Waals surface area contributed by atoms with Gasteiger partial charge in [0.1, 0.15) is 11.6 Å². The van der Waals surface area contributed by atoms with Crippen molar-refractivity contribution in [2.24, 2.45) is 16.6 Å². The van der Waals surface area contributed by atoms with E-state index in [1.807, 2.05) is 4.90 Å². The molecule has 3 N–H and O–H groups in total. The van der Waals surface area contributed by atoms with Gasteiger partial charge in [0.15, 0.2) is 0 Å². The third-order valence-corrected chi connectivity index (χ3v) is 7.99. The van der Waals surface area contributed by atoms with E-state index >= 15 is 8.78 Å². The molecule has 10 heteroatoms. The zero-order valence-electron chi connectivity index (χ0n) is 22.9. The van der Waals surface area contributed by atoms with Crippen LogP contribution >= 0.6 is 0 Å². The number of allylic oxidation sites excluding steroid dienone is 1. The number of rotatable bonds is 9. The van der Waals surface area contributed by atoms with Crippen LogP contribution in [0.25, 0.3) is 27.7 Å². The monoisotopic (exact) mass is 563 g/mol. The van der Waals surface area contributed by atoms with Crippen molar-refractivity contribution in [2.45, 2.75) is 51.1 Å². The quantitative estimate of drug-likeness (QED) is 0.344. The van der Waals surface area contributed by atoms with Crippen LogP contribution in [0, 0.1) is 17.6 Å². The lowest BCUT2D eigenvalue weighted by Gasteiger charge is -2.27. The number of carboxylic acid groups (broad SMARTS) is 1. The first-order chi connectivity index (χ1) is 19.9. The van der Waals surface area contributed by atoms with Crippen molar-refractivity contribution in [2.75, 3.05) is 26.3 Å². The molecule has 216 valence electrons. The van der Waals surface area contributed by atoms with Gasteiger partial charge in [0.25, 0.3) is 0 Å². The number of ether oxygens (including phenoxy) is 1. The molecule has 3 aromatic rings. The highest BCUT2D eigenvalue weighted by Crippen LogP contribution is 2.32. The summed E-state index contributed by atoms with van der Waals surface area (Å²) in [6.45, 7) is 2.57. The van der Waals surface area contributed by atoms with Gasteiger partial charge in [-0.15, -0.1) is 0 Å². The van der Waals surface area contributed by atoms with Crippen molar-refractivity contribution in [3.8, 4) is 11.1 Å². The first-order valence-corrected chi connectivity index (χ1v) is 14.1. The molecule has 0 atom stereocenters. The summed E-state index contributed by atoms with van der Waals surface area (Å²) in [4.78, 5) is 26.9. The van der Waals surface area contributed by atoms with Gasteiger partial charge in [-0.3, -0.25) is 19.7 Å². The van der Waals surface area contributed by atoms with Gasteiger partial charge in [-0.25, -0.2) is 13.8 Å². The standard InChI is InChI=1S/C31H35F2N5O3/c32-26-14-21(15-27(33)25(26)19-38-10-12-41-13-11-38)24-2-1-3-28-31(24)37-29(18-36-28)22(16-34)17-35-23-7-4-20(5-8-23)6-9-30(39)40/h1-3,14-18,20,23H,4-13,19,34H2,(H,39,40). The fraction of sp³-hybridized carbons (Fsp3) is 0.419. The van der Waals surface area contributed by atoms with E-state index in [1.165, 1.54) is 18.3 Å². The Morgan fingerprint density at radius 2 is 1.88 bits per heavy atom. The average Bonchev–Trinajstić information content (AvgIpc) is 2.99. The maximum Gasteiger partial charge on any atom is 0.303 e. The summed E-state index contributed by atoms with van der Waals surface area (Å²) >= 11 is 0. The van der Waals surface area contributed by atoms with E-state index in [0.717, 1.165) is 25.7 Å². The second kappa shape index (κ2) is 13.3. The number of hydrogen-bond acceptors (Lipinski definition) is 7. The Bertz CT molecular complexity index is 1420. The number of benzene rings is 2. The molecule has 0 unspecified atom stereocenters. The topological polar surface area (TPSA) is 114 Å². The van der Waals surface area contributed by atoms with Crippen LogP contribution in [0.4, 0.5) is 8.78 Å². The second-order valence-electron chi connectivity index (χ2n) is 10.7. The van der Waals surface area contributed by atoms with E-state index in [-0.39, 0.29) is 24.6 Å². The molecule has 2 aromatic carbocycles. The maximum absolute atomic E-state index is 15.2. The van der Waals surface area contributed by atoms with E-state index in [1.54, 1.807) is 30.6 Å². The molecule has 2 fully saturated rings. The summed E-state index contributed by atoms with van der Waals surface area (Å²) in [7, 11) is 0. The summed E-state index contributed by atoms with van der Waals surface area (Å²) in [6, 6.07) is 8.22. The highest BCUT2D eigenvalue weighted by atomic mass is 19.1. The molecule has 1 aliphatic carbocycles. The summed E-state index contributed by atoms with van der Waals surface area (Å²) in [6.07, 6.45) is 9.36. The van der Waals surface area contributed by atoms with Crippen LogP contribution in [0.15, 0.2) is 47.7 Å². The summed E-state index contributed by atoms with van der Waals surface area (Å²) in [5, 5.41) is 8.92. The van der Waals surface area contributed by atoms with Gasteiger partial charge < -0.3 is 15.6 Å². The van der Waals surface area contributed by atoms with Crippen molar-refractivity contribution in [1.29, 1.82) is 0 Å². The SMILES string of the molecule is NC=C(C=NC1CCC(CCC(=O)O)CC1)c1cnc2cccc(-c3cc(F)c(CN4CCOCC4)c(F)c3)c2n1. The largest absolute Gasteiger partial charge is 0.481 e. The number of carboxylic acids is 1. The fourth-order valence-electron chi connectivity index (χ4n) is 5.59. The zero-order valence-corrected chi connectivity index (χ0v) is 22.9. The fourth-order valence-corrected chi connectivity index (χ4v) is 5.59. The molecule has 41 heavy (non-hydrogen) atoms. The smallest absolute Gasteiger partial charge is 0.303 e. The molecule has 0 spiro atoms. The number of nitrogens with zero attached hydrogens (tertiary/aromatic N) is 4. The molecule has 0 bridgehead atoms. The Morgan fingerprint density at radius 1 is 1.15 bits per heavy atom. The Balaban J connectivity index is 1.35. The molecular weight excluding hydrogens is 528 g/mol. The van der Waals surface area contributed by atoms with Crippen molar-refractivity contribution >= 4 is 28.8 Å². The van der Waals surface area contributed by atoms with Crippen LogP contribution < -0.4 is 5.73 Å². The molecular formula is C31H35F2N5O3. The molecule has 1 saturated carbocycles. The molecule has 0 radical (unpaired) electrons. The number of aromatic nitrogens is 2. The lowest BCUT2D eigenvalue weighted by Crippen LogP contribution is -2.36. The molecule has 1 saturated heterocycles. The molecule has 2 heterocycles. The highest BCUT2D eigenvalue weighted by Gasteiger charge is 2.22. The molecule has 5 rings (SSSR count). The van der Waals surface area contributed by atoms with Crippen LogP contribution in [-0.2, 0) is 16.1 Å². The van der Waals surface area contributed by atoms with Gasteiger partial charge in [0, 0.05) is 61.2 Å². The van der Waals surface area contributed by atoms with E-state index in [0.29, 0.717) is 72.1 Å². The first-order valence-electron chi connectivity index (χ1n) is 14.1. The molecule has 1 aromatic heterocycles. The van der Waals surface area contributed by atoms with E-state index < -0.39 is 17.6 Å². The number of nitrogens with two attached hydrogens (primary N) is 1. The number of para-hydroxylation sites is 1. The first kappa shape index (κ1) is 28.8. The van der Waals surface area contributed by atoms with Crippen molar-refractivity contribution in [3.05, 3.63) is 65.6 Å². The normalized spacial score (nSPS) is 20.6. The molecule has 8 nitrogen and oxygen atoms in total. The van der Waals surface area contributed by atoms with E-state index in [9.17, 15) is 4.79 Å². The Hall–Kier alpha value is -3.76. The minimum atomic E-state index is -0.751. The minimum absolute atomic E-state index is 0.0446. The molecule has 0 amide bonds. The van der Waals surface area contributed by atoms with Gasteiger partial charge in [-0.2, -0.15) is 0 Å². The van der Waals surface area contributed by atoms with Crippen molar-refractivity contribution in [1.82, 2.24) is 14.9 Å². The third kappa shape index (κ3) is 7.12. The average molecular weight is 564 g/mol. The van der Waals surface area contributed by atoms with Gasteiger partial charge in [0.05, 0.1) is 36.1 Å². The second-order valence-corrected chi connectivity index (χ2v) is 10.7. The zero-order chi connectivity index (χ0) is 28.8. The van der Waals surface area contributed by atoms with Crippen LogP contribution in [0.5, 0.6) is 0 Å². The number of carbonyl (C=O) groups is 1. The van der Waals surface area contributed by atoms with Crippen molar-refractivity contribution in [3.63, 3.8) is 0 Å². The van der Waals surface area contributed by atoms with Gasteiger partial charge in [-0.05, 0) is 61.8 Å². The van der Waals surface area contributed by atoms with Crippen molar-refractivity contribution < 1.29 is 23.4 Å². The number of fused-ring (bicyclic) bond motifs is 1. The number of morpholine rings is 1. The maximum atomic E-state index is 15.2. The number of halogens is 2. The predicted octanol–water partition coefficient (Wildman–Crippen LogP) is 5.20. The third-order valence-electron chi connectivity index (χ3n) is 7.99. The highest BCUT2D eigenvalue weighted by molar-refractivity contribution is 6.09. The number of aliphatic imine (C=N–C) groups is 1. The van der Waals surface area contributed by atoms with Gasteiger partial charge >= 0.3 is 5.97 Å². The Kier molecular flexibility index (Phi) is 9.31. The van der Waals surface area contributed by atoms with Crippen LogP contribution in [-0.4, -0.2) is 64.5 Å². The van der Waals surface area contributed by atoms with E-state index in [2.05, 4.69) is 4.98 Å². The summed E-state index contributed by atoms with van der Waals surface area (Å²) in [5.74, 6) is -1.52. The Labute approximate surface area is 238 Å². The van der Waals surface area contributed by atoms with Crippen LogP contribution in [0.3, 0.4) is 0 Å². The number of hydrogen-bond donors (Lipinski definition) is 2. The lowest BCUT2D eigenvalue weighted by atomic mass is 9.83. The van der Waals surface area contributed by atoms with Crippen LogP contribution in [0.1, 0.15) is 49.8 Å². The van der Waals surface area contributed by atoms with Gasteiger partial charge in [0.2, 0.25) is 0 Å². The van der Waals surface area contributed by atoms with Crippen LogP contribution in [0.2, 0.25) is 0 Å².